The second kappa shape index (κ2) is 9.21. The van der Waals surface area contributed by atoms with Gasteiger partial charge in [-0.15, -0.1) is 0 Å². The lowest BCUT2D eigenvalue weighted by Crippen LogP contribution is -2.40. The van der Waals surface area contributed by atoms with E-state index in [2.05, 4.69) is 41.5 Å². The largest absolute Gasteiger partial charge is 0.462 e. The van der Waals surface area contributed by atoms with Crippen molar-refractivity contribution in [2.45, 2.75) is 136 Å². The van der Waals surface area contributed by atoms with Gasteiger partial charge in [-0.25, -0.2) is 0 Å². The third-order valence-corrected chi connectivity index (χ3v) is 13.3. The molecule has 10 aliphatic rings. The highest BCUT2D eigenvalue weighted by atomic mass is 16.6. The Morgan fingerprint density at radius 1 is 0.769 bits per heavy atom. The zero-order valence-electron chi connectivity index (χ0n) is 25.1. The molecule has 5 saturated heterocycles. The van der Waals surface area contributed by atoms with Crippen LogP contribution in [0.3, 0.4) is 0 Å². The van der Waals surface area contributed by atoms with E-state index in [9.17, 15) is 14.4 Å². The number of carbonyl (C=O) groups excluding carboxylic acids is 3. The third-order valence-electron chi connectivity index (χ3n) is 13.3. The second-order valence-corrected chi connectivity index (χ2v) is 15.8. The highest BCUT2D eigenvalue weighted by Gasteiger charge is 2.71. The van der Waals surface area contributed by atoms with Crippen LogP contribution in [-0.2, 0) is 28.6 Å². The molecule has 0 aromatic heterocycles. The maximum atomic E-state index is 11.7. The summed E-state index contributed by atoms with van der Waals surface area (Å²) in [7, 11) is 0. The van der Waals surface area contributed by atoms with E-state index in [1.807, 2.05) is 0 Å². The number of hydrogen-bond donors (Lipinski definition) is 0. The first kappa shape index (κ1) is 27.6. The zero-order chi connectivity index (χ0) is 28.0. The van der Waals surface area contributed by atoms with Crippen LogP contribution in [0.2, 0.25) is 0 Å². The van der Waals surface area contributed by atoms with Crippen LogP contribution in [0.25, 0.3) is 0 Å². The molecule has 5 saturated carbocycles. The third kappa shape index (κ3) is 4.28. The Kier molecular flexibility index (Phi) is 6.51. The van der Waals surface area contributed by atoms with Crippen molar-refractivity contribution in [2.24, 2.45) is 51.8 Å². The fraction of sp³-hybridized carbons (Fsp3) is 0.909. The Hall–Kier alpha value is -1.59. The van der Waals surface area contributed by atoms with Gasteiger partial charge in [0.15, 0.2) is 0 Å². The summed E-state index contributed by atoms with van der Waals surface area (Å²) in [5.41, 5.74) is 0.0241. The molecule has 0 N–H and O–H groups in total. The van der Waals surface area contributed by atoms with Crippen molar-refractivity contribution < 1.29 is 28.6 Å². The summed E-state index contributed by atoms with van der Waals surface area (Å²) in [5, 5.41) is 0. The van der Waals surface area contributed by atoms with Crippen molar-refractivity contribution in [3.05, 3.63) is 0 Å². The van der Waals surface area contributed by atoms with Crippen molar-refractivity contribution in [3.63, 3.8) is 0 Å². The first-order valence-corrected chi connectivity index (χ1v) is 15.9. The van der Waals surface area contributed by atoms with E-state index in [1.165, 1.54) is 12.8 Å². The topological polar surface area (TPSA) is 78.9 Å². The second-order valence-electron chi connectivity index (χ2n) is 15.8. The average Bonchev–Trinajstić information content (AvgIpc) is 2.96. The summed E-state index contributed by atoms with van der Waals surface area (Å²) in [6.07, 6.45) is 14.0. The molecule has 0 amide bonds. The van der Waals surface area contributed by atoms with Crippen molar-refractivity contribution in [1.29, 1.82) is 0 Å². The van der Waals surface area contributed by atoms with Gasteiger partial charge in [-0.2, -0.15) is 0 Å². The van der Waals surface area contributed by atoms with Crippen LogP contribution in [0, 0.1) is 51.8 Å². The van der Waals surface area contributed by atoms with Gasteiger partial charge >= 0.3 is 17.9 Å². The molecular formula is C33H50O6. The van der Waals surface area contributed by atoms with Gasteiger partial charge in [0.25, 0.3) is 0 Å². The van der Waals surface area contributed by atoms with E-state index in [0.717, 1.165) is 82.0 Å². The molecule has 0 spiro atoms. The predicted molar refractivity (Wildman–Crippen MR) is 146 cm³/mol. The number of ether oxygens (including phenoxy) is 3. The van der Waals surface area contributed by atoms with Gasteiger partial charge < -0.3 is 14.2 Å². The highest BCUT2D eigenvalue weighted by Crippen LogP contribution is 2.66. The van der Waals surface area contributed by atoms with E-state index in [0.29, 0.717) is 11.3 Å². The lowest BCUT2D eigenvalue weighted by molar-refractivity contribution is -0.160. The molecule has 0 aromatic carbocycles. The molecule has 5 aliphatic carbocycles. The molecule has 10 rings (SSSR count). The van der Waals surface area contributed by atoms with Gasteiger partial charge in [0.1, 0.15) is 17.8 Å². The van der Waals surface area contributed by atoms with E-state index in [-0.39, 0.29) is 58.4 Å². The van der Waals surface area contributed by atoms with Gasteiger partial charge in [0, 0.05) is 5.41 Å². The molecule has 10 bridgehead atoms. The molecule has 0 aromatic rings. The van der Waals surface area contributed by atoms with Crippen molar-refractivity contribution in [3.8, 4) is 0 Å². The monoisotopic (exact) mass is 542 g/mol. The average molecular weight is 543 g/mol. The maximum Gasteiger partial charge on any atom is 0.313 e. The van der Waals surface area contributed by atoms with Crippen LogP contribution >= 0.6 is 0 Å². The van der Waals surface area contributed by atoms with Crippen LogP contribution in [0.4, 0.5) is 0 Å². The summed E-state index contributed by atoms with van der Waals surface area (Å²) in [6, 6.07) is 0. The summed E-state index contributed by atoms with van der Waals surface area (Å²) in [6.45, 7) is 13.1. The van der Waals surface area contributed by atoms with E-state index < -0.39 is 0 Å². The molecule has 39 heavy (non-hydrogen) atoms. The summed E-state index contributed by atoms with van der Waals surface area (Å²) in [5.74, 6) is 3.64. The quantitative estimate of drug-likeness (QED) is 0.273. The summed E-state index contributed by atoms with van der Waals surface area (Å²) >= 11 is 0. The standard InChI is InChI=1S/2C11H16O2.C11H18O2/c1-11-4-7-2-8(5-11)10(12)13-9(3-7)6-11;1-6-8-2-7-3-9(5-8)11(12)13-10(6)4-7;1-5-11-7-6-10(4,8(12)13-11)9(11,2)3/h7-9H,2-6H2,1H3;6-10H,2-5H2,1H3;5-7H2,1-4H3. The Bertz CT molecular complexity index is 1030. The highest BCUT2D eigenvalue weighted by molar-refractivity contribution is 5.82. The molecule has 5 aliphatic heterocycles. The van der Waals surface area contributed by atoms with Crippen molar-refractivity contribution >= 4 is 17.9 Å². The van der Waals surface area contributed by atoms with Crippen LogP contribution in [0.1, 0.15) is 119 Å². The van der Waals surface area contributed by atoms with E-state index in [1.54, 1.807) is 0 Å². The Morgan fingerprint density at radius 3 is 2.10 bits per heavy atom. The SMILES string of the molecule is CC12CC3CC(C1)OC(=O)C(C3)C2.CC1C2CC3CC(C2)C(=O)OC1C3.CCC12CCC(C)(C(=O)O1)C2(C)C. The molecule has 0 radical (unpaired) electrons. The molecule has 6 nitrogen and oxygen atoms in total. The fourth-order valence-corrected chi connectivity index (χ4v) is 10.5. The lowest BCUT2D eigenvalue weighted by Gasteiger charge is -2.44. The minimum Gasteiger partial charge on any atom is -0.462 e. The van der Waals surface area contributed by atoms with Crippen molar-refractivity contribution in [2.75, 3.05) is 0 Å². The van der Waals surface area contributed by atoms with Crippen molar-refractivity contribution in [1.82, 2.24) is 0 Å². The molecular weight excluding hydrogens is 492 g/mol. The van der Waals surface area contributed by atoms with Gasteiger partial charge in [-0.05, 0) is 113 Å². The number of carbonyl (C=O) groups is 3. The van der Waals surface area contributed by atoms with Crippen LogP contribution < -0.4 is 0 Å². The number of rotatable bonds is 1. The smallest absolute Gasteiger partial charge is 0.313 e. The van der Waals surface area contributed by atoms with Crippen LogP contribution in [0.15, 0.2) is 0 Å². The molecule has 10 fully saturated rings. The molecule has 218 valence electrons. The Balaban J connectivity index is 0.000000106. The Morgan fingerprint density at radius 2 is 1.49 bits per heavy atom. The van der Waals surface area contributed by atoms with Crippen LogP contribution in [-0.4, -0.2) is 35.7 Å². The van der Waals surface area contributed by atoms with Gasteiger partial charge in [-0.1, -0.05) is 34.6 Å². The molecule has 6 heteroatoms. The first-order chi connectivity index (χ1) is 18.3. The first-order valence-electron chi connectivity index (χ1n) is 15.9. The van der Waals surface area contributed by atoms with Gasteiger partial charge in [0.2, 0.25) is 0 Å². The molecule has 11 atom stereocenters. The maximum absolute atomic E-state index is 11.7. The minimum atomic E-state index is -0.233. The molecule has 5 heterocycles. The van der Waals surface area contributed by atoms with E-state index in [4.69, 9.17) is 14.2 Å². The number of esters is 3. The number of hydrogen-bond acceptors (Lipinski definition) is 6. The van der Waals surface area contributed by atoms with Gasteiger partial charge in [0.05, 0.1) is 17.3 Å². The zero-order valence-corrected chi connectivity index (χ0v) is 25.1. The van der Waals surface area contributed by atoms with E-state index >= 15 is 0 Å². The summed E-state index contributed by atoms with van der Waals surface area (Å²) < 4.78 is 16.5. The predicted octanol–water partition coefficient (Wildman–Crippen LogP) is 6.63. The number of fused-ring (bicyclic) bond motifs is 4. The Labute approximate surface area is 234 Å². The normalized spacial score (nSPS) is 51.1. The minimum absolute atomic E-state index is 0.00579. The fourth-order valence-electron chi connectivity index (χ4n) is 10.5. The lowest BCUT2D eigenvalue weighted by atomic mass is 9.60. The van der Waals surface area contributed by atoms with Gasteiger partial charge in [-0.3, -0.25) is 14.4 Å². The van der Waals surface area contributed by atoms with Crippen LogP contribution in [0.5, 0.6) is 0 Å². The summed E-state index contributed by atoms with van der Waals surface area (Å²) in [4.78, 5) is 34.9. The molecule has 11 unspecified atom stereocenters.